The zero-order valence-corrected chi connectivity index (χ0v) is 17.9. The SMILES string of the molecule is COc1cccc2c1ncc1c(C)c([Si](C)(C)C)n(-c3ccccc3C)c12. The van der Waals surface area contributed by atoms with Crippen LogP contribution in [0.4, 0.5) is 0 Å². The highest BCUT2D eigenvalue weighted by Gasteiger charge is 2.28. The lowest BCUT2D eigenvalue weighted by Crippen LogP contribution is -2.44. The molecule has 0 unspecified atom stereocenters. The van der Waals surface area contributed by atoms with Gasteiger partial charge in [0.25, 0.3) is 0 Å². The van der Waals surface area contributed by atoms with Crippen LogP contribution in [0.2, 0.25) is 19.6 Å². The number of aromatic nitrogens is 2. The summed E-state index contributed by atoms with van der Waals surface area (Å²) in [5, 5.41) is 3.84. The number of fused-ring (bicyclic) bond motifs is 3. The van der Waals surface area contributed by atoms with Crippen molar-refractivity contribution < 1.29 is 4.74 Å². The van der Waals surface area contributed by atoms with Crippen LogP contribution in [0.5, 0.6) is 5.75 Å². The van der Waals surface area contributed by atoms with Crippen LogP contribution >= 0.6 is 0 Å². The highest BCUT2D eigenvalue weighted by atomic mass is 28.3. The first-order valence-electron chi connectivity index (χ1n) is 9.38. The summed E-state index contributed by atoms with van der Waals surface area (Å²) < 4.78 is 8.08. The number of hydrogen-bond donors (Lipinski definition) is 0. The molecule has 4 rings (SSSR count). The minimum absolute atomic E-state index is 0.819. The molecular formula is C23H26N2OSi. The van der Waals surface area contributed by atoms with Crippen LogP contribution in [0, 0.1) is 13.8 Å². The van der Waals surface area contributed by atoms with Crippen LogP contribution in [0.15, 0.2) is 48.7 Å². The van der Waals surface area contributed by atoms with Gasteiger partial charge in [-0.1, -0.05) is 50.0 Å². The lowest BCUT2D eigenvalue weighted by molar-refractivity contribution is 0.419. The summed E-state index contributed by atoms with van der Waals surface area (Å²) in [6, 6.07) is 14.8. The lowest BCUT2D eigenvalue weighted by Gasteiger charge is -2.23. The van der Waals surface area contributed by atoms with Gasteiger partial charge in [0.1, 0.15) is 11.3 Å². The van der Waals surface area contributed by atoms with Gasteiger partial charge in [0.2, 0.25) is 0 Å². The molecule has 4 aromatic rings. The van der Waals surface area contributed by atoms with E-state index in [-0.39, 0.29) is 0 Å². The number of para-hydroxylation sites is 2. The van der Waals surface area contributed by atoms with Crippen LogP contribution in [-0.4, -0.2) is 24.7 Å². The Kier molecular flexibility index (Phi) is 4.11. The van der Waals surface area contributed by atoms with Crippen molar-refractivity contribution in [2.45, 2.75) is 33.5 Å². The zero-order chi connectivity index (χ0) is 19.3. The van der Waals surface area contributed by atoms with Crippen molar-refractivity contribution in [3.05, 3.63) is 59.8 Å². The van der Waals surface area contributed by atoms with Crippen molar-refractivity contribution in [3.63, 3.8) is 0 Å². The minimum atomic E-state index is -1.62. The number of pyridine rings is 1. The third-order valence-electron chi connectivity index (χ3n) is 5.33. The molecule has 0 aliphatic rings. The zero-order valence-electron chi connectivity index (χ0n) is 16.9. The number of methoxy groups -OCH3 is 1. The Hall–Kier alpha value is -2.59. The highest BCUT2D eigenvalue weighted by molar-refractivity contribution is 6.89. The highest BCUT2D eigenvalue weighted by Crippen LogP contribution is 2.34. The van der Waals surface area contributed by atoms with E-state index in [0.29, 0.717) is 0 Å². The van der Waals surface area contributed by atoms with Crippen molar-refractivity contribution in [3.8, 4) is 11.4 Å². The Labute approximate surface area is 161 Å². The molecule has 0 saturated carbocycles. The smallest absolute Gasteiger partial charge is 0.145 e. The molecule has 2 aromatic heterocycles. The molecule has 0 amide bonds. The van der Waals surface area contributed by atoms with Crippen LogP contribution in [0.3, 0.4) is 0 Å². The van der Waals surface area contributed by atoms with Gasteiger partial charge in [-0.2, -0.15) is 0 Å². The molecule has 2 heterocycles. The van der Waals surface area contributed by atoms with Gasteiger partial charge >= 0.3 is 0 Å². The average Bonchev–Trinajstić information content (AvgIpc) is 2.94. The Bertz CT molecular complexity index is 1170. The first-order chi connectivity index (χ1) is 12.8. The standard InChI is InChI=1S/C23H26N2OSi/c1-15-10-7-8-12-19(15)25-22-17-11-9-13-20(26-3)21(17)24-14-18(22)16(2)23(25)27(4,5)6/h7-14H,1-6H3. The fourth-order valence-electron chi connectivity index (χ4n) is 4.22. The number of nitrogens with zero attached hydrogens (tertiary/aromatic N) is 2. The molecule has 27 heavy (non-hydrogen) atoms. The summed E-state index contributed by atoms with van der Waals surface area (Å²) in [7, 11) is 0.0916. The maximum absolute atomic E-state index is 5.59. The molecule has 4 heteroatoms. The van der Waals surface area contributed by atoms with Gasteiger partial charge in [-0.15, -0.1) is 0 Å². The topological polar surface area (TPSA) is 27.1 Å². The molecule has 0 atom stereocenters. The van der Waals surface area contributed by atoms with E-state index in [1.807, 2.05) is 12.3 Å². The molecule has 2 aromatic carbocycles. The second-order valence-corrected chi connectivity index (χ2v) is 13.2. The molecule has 0 aliphatic carbocycles. The van der Waals surface area contributed by atoms with Gasteiger partial charge in [-0.25, -0.2) is 0 Å². The number of rotatable bonds is 3. The molecule has 0 bridgehead atoms. The second-order valence-electron chi connectivity index (χ2n) is 8.22. The van der Waals surface area contributed by atoms with Crippen molar-refractivity contribution >= 4 is 35.2 Å². The summed E-state index contributed by atoms with van der Waals surface area (Å²) in [5.74, 6) is 0.819. The largest absolute Gasteiger partial charge is 0.494 e. The van der Waals surface area contributed by atoms with Crippen LogP contribution in [0.25, 0.3) is 27.5 Å². The van der Waals surface area contributed by atoms with Gasteiger partial charge in [0, 0.05) is 28.0 Å². The molecule has 0 aliphatic heterocycles. The van der Waals surface area contributed by atoms with Crippen LogP contribution in [-0.2, 0) is 0 Å². The minimum Gasteiger partial charge on any atom is -0.494 e. The first kappa shape index (κ1) is 17.8. The van der Waals surface area contributed by atoms with Gasteiger partial charge < -0.3 is 9.30 Å². The maximum Gasteiger partial charge on any atom is 0.145 e. The third-order valence-corrected chi connectivity index (χ3v) is 7.34. The Balaban J connectivity index is 2.28. The van der Waals surface area contributed by atoms with E-state index in [2.05, 4.69) is 74.5 Å². The lowest BCUT2D eigenvalue weighted by atomic mass is 10.1. The van der Waals surface area contributed by atoms with E-state index in [9.17, 15) is 0 Å². The number of benzene rings is 2. The van der Waals surface area contributed by atoms with Crippen LogP contribution < -0.4 is 10.1 Å². The summed E-state index contributed by atoms with van der Waals surface area (Å²) in [6.07, 6.45) is 2.02. The fourth-order valence-corrected chi connectivity index (χ4v) is 6.38. The second kappa shape index (κ2) is 6.24. The first-order valence-corrected chi connectivity index (χ1v) is 12.9. The summed E-state index contributed by atoms with van der Waals surface area (Å²) in [5.41, 5.74) is 6.04. The van der Waals surface area contributed by atoms with Crippen LogP contribution in [0.1, 0.15) is 11.1 Å². The molecule has 0 radical (unpaired) electrons. The Morgan fingerprint density at radius 3 is 2.33 bits per heavy atom. The molecule has 0 spiro atoms. The summed E-state index contributed by atoms with van der Waals surface area (Å²) >= 11 is 0. The Morgan fingerprint density at radius 2 is 1.67 bits per heavy atom. The fraction of sp³-hybridized carbons (Fsp3) is 0.261. The molecule has 138 valence electrons. The maximum atomic E-state index is 5.59. The van der Waals surface area contributed by atoms with Gasteiger partial charge in [0.05, 0.1) is 20.7 Å². The third kappa shape index (κ3) is 2.67. The molecule has 3 nitrogen and oxygen atoms in total. The predicted octanol–water partition coefficient (Wildman–Crippen LogP) is 5.35. The predicted molar refractivity (Wildman–Crippen MR) is 118 cm³/mol. The van der Waals surface area contributed by atoms with E-state index in [4.69, 9.17) is 9.72 Å². The van der Waals surface area contributed by atoms with Crippen molar-refractivity contribution in [1.82, 2.24) is 9.55 Å². The van der Waals surface area contributed by atoms with E-state index in [1.165, 1.54) is 33.0 Å². The van der Waals surface area contributed by atoms with E-state index < -0.39 is 8.07 Å². The number of ether oxygens (including phenoxy) is 1. The van der Waals surface area contributed by atoms with Crippen molar-refractivity contribution in [1.29, 1.82) is 0 Å². The quantitative estimate of drug-likeness (QED) is 0.452. The van der Waals surface area contributed by atoms with Gasteiger partial charge in [0.15, 0.2) is 0 Å². The monoisotopic (exact) mass is 374 g/mol. The van der Waals surface area contributed by atoms with Gasteiger partial charge in [-0.05, 0) is 37.1 Å². The summed E-state index contributed by atoms with van der Waals surface area (Å²) in [6.45, 7) is 11.7. The van der Waals surface area contributed by atoms with E-state index in [1.54, 1.807) is 7.11 Å². The molecule has 0 fully saturated rings. The van der Waals surface area contributed by atoms with Gasteiger partial charge in [-0.3, -0.25) is 4.98 Å². The Morgan fingerprint density at radius 1 is 0.926 bits per heavy atom. The van der Waals surface area contributed by atoms with Crippen molar-refractivity contribution in [2.24, 2.45) is 0 Å². The number of hydrogen-bond acceptors (Lipinski definition) is 2. The molecule has 0 saturated heterocycles. The normalized spacial score (nSPS) is 12.1. The molecular weight excluding hydrogens is 348 g/mol. The summed E-state index contributed by atoms with van der Waals surface area (Å²) in [4.78, 5) is 4.77. The van der Waals surface area contributed by atoms with Crippen molar-refractivity contribution in [2.75, 3.05) is 7.11 Å². The van der Waals surface area contributed by atoms with E-state index in [0.717, 1.165) is 16.7 Å². The average molecular weight is 375 g/mol. The number of aryl methyl sites for hydroxylation is 2. The molecule has 0 N–H and O–H groups in total. The van der Waals surface area contributed by atoms with E-state index >= 15 is 0 Å².